The van der Waals surface area contributed by atoms with E-state index in [2.05, 4.69) is 17.9 Å². The number of hydrogen-bond donors (Lipinski definition) is 0. The van der Waals surface area contributed by atoms with Gasteiger partial charge in [0.05, 0.1) is 10.0 Å². The minimum Gasteiger partial charge on any atom is -0.461 e. The smallest absolute Gasteiger partial charge is 0.306 e. The lowest BCUT2D eigenvalue weighted by atomic mass is 9.86. The number of ether oxygens (including phenoxy) is 1. The third-order valence-electron chi connectivity index (χ3n) is 4.44. The Morgan fingerprint density at radius 3 is 2.67 bits per heavy atom. The fraction of sp³-hybridized carbons (Fsp3) is 0.421. The zero-order valence-electron chi connectivity index (χ0n) is 14.5. The lowest BCUT2D eigenvalue weighted by Gasteiger charge is -2.33. The minimum absolute atomic E-state index is 0.0539. The van der Waals surface area contributed by atoms with Crippen molar-refractivity contribution in [3.05, 3.63) is 56.9 Å². The average Bonchev–Trinajstić information content (AvgIpc) is 2.54. The van der Waals surface area contributed by atoms with Crippen LogP contribution in [0.3, 0.4) is 0 Å². The molecule has 0 aliphatic carbocycles. The first-order valence-electron chi connectivity index (χ1n) is 8.08. The largest absolute Gasteiger partial charge is 0.461 e. The second-order valence-electron chi connectivity index (χ2n) is 6.01. The molecule has 0 spiro atoms. The predicted molar refractivity (Wildman–Crippen MR) is 99.3 cm³/mol. The van der Waals surface area contributed by atoms with Gasteiger partial charge in [0.1, 0.15) is 6.61 Å². The Morgan fingerprint density at radius 1 is 1.29 bits per heavy atom. The lowest BCUT2D eigenvalue weighted by molar-refractivity contribution is -0.142. The molecule has 0 saturated heterocycles. The molecular weight excluding hydrogens is 345 g/mol. The van der Waals surface area contributed by atoms with Crippen LogP contribution in [0.15, 0.2) is 41.2 Å². The van der Waals surface area contributed by atoms with Gasteiger partial charge in [0.15, 0.2) is 0 Å². The Balaban J connectivity index is 2.38. The molecule has 0 amide bonds. The van der Waals surface area contributed by atoms with Gasteiger partial charge in [0.25, 0.3) is 0 Å². The molecule has 3 nitrogen and oxygen atoms in total. The Kier molecular flexibility index (Phi) is 6.36. The zero-order valence-corrected chi connectivity index (χ0v) is 16.0. The maximum absolute atomic E-state index is 11.8. The predicted octanol–water partition coefficient (Wildman–Crippen LogP) is 5.54. The van der Waals surface area contributed by atoms with Crippen molar-refractivity contribution >= 4 is 29.2 Å². The first-order chi connectivity index (χ1) is 11.4. The number of carbonyl (C=O) groups excluding carboxylic acids is 1. The molecule has 0 radical (unpaired) electrons. The molecule has 1 aromatic carbocycles. The van der Waals surface area contributed by atoms with E-state index in [-0.39, 0.29) is 18.5 Å². The molecule has 1 heterocycles. The molecule has 0 aromatic heterocycles. The van der Waals surface area contributed by atoms with E-state index in [0.29, 0.717) is 16.5 Å². The second-order valence-corrected chi connectivity index (χ2v) is 6.79. The van der Waals surface area contributed by atoms with E-state index >= 15 is 0 Å². The molecule has 0 bridgehead atoms. The fourth-order valence-electron chi connectivity index (χ4n) is 2.83. The molecule has 0 N–H and O–H groups in total. The van der Waals surface area contributed by atoms with Crippen LogP contribution in [-0.2, 0) is 9.53 Å². The van der Waals surface area contributed by atoms with E-state index in [0.717, 1.165) is 29.0 Å². The SMILES string of the molecule is CCCC(=O)OCC1=C(C)N(C)C(C)=CC1c1cccc(Cl)c1Cl. The van der Waals surface area contributed by atoms with Gasteiger partial charge >= 0.3 is 5.97 Å². The second kappa shape index (κ2) is 8.09. The van der Waals surface area contributed by atoms with E-state index in [1.165, 1.54) is 0 Å². The Labute approximate surface area is 153 Å². The molecule has 0 fully saturated rings. The van der Waals surface area contributed by atoms with Gasteiger partial charge in [-0.2, -0.15) is 0 Å². The van der Waals surface area contributed by atoms with Crippen molar-refractivity contribution in [1.82, 2.24) is 4.90 Å². The third-order valence-corrected chi connectivity index (χ3v) is 5.27. The summed E-state index contributed by atoms with van der Waals surface area (Å²) in [5.41, 5.74) is 4.15. The number of esters is 1. The van der Waals surface area contributed by atoms with E-state index in [1.807, 2.05) is 33.0 Å². The van der Waals surface area contributed by atoms with Crippen molar-refractivity contribution in [3.63, 3.8) is 0 Å². The topological polar surface area (TPSA) is 29.5 Å². The summed E-state index contributed by atoms with van der Waals surface area (Å²) in [6.45, 7) is 6.30. The van der Waals surface area contributed by atoms with Gasteiger partial charge in [-0.05, 0) is 37.5 Å². The van der Waals surface area contributed by atoms with Crippen molar-refractivity contribution in [2.24, 2.45) is 0 Å². The highest BCUT2D eigenvalue weighted by Crippen LogP contribution is 2.40. The van der Waals surface area contributed by atoms with Crippen LogP contribution in [-0.4, -0.2) is 24.5 Å². The number of halogens is 2. The quantitative estimate of drug-likeness (QED) is 0.639. The van der Waals surface area contributed by atoms with Crippen molar-refractivity contribution in [2.45, 2.75) is 39.5 Å². The highest BCUT2D eigenvalue weighted by molar-refractivity contribution is 6.42. The summed E-state index contributed by atoms with van der Waals surface area (Å²) in [5.74, 6) is -0.232. The minimum atomic E-state index is -0.178. The van der Waals surface area contributed by atoms with Crippen molar-refractivity contribution in [2.75, 3.05) is 13.7 Å². The first kappa shape index (κ1) is 18.9. The van der Waals surface area contributed by atoms with Crippen LogP contribution in [0.25, 0.3) is 0 Å². The molecule has 0 saturated carbocycles. The van der Waals surface area contributed by atoms with Gasteiger partial charge in [-0.1, -0.05) is 48.3 Å². The number of nitrogens with zero attached hydrogens (tertiary/aromatic N) is 1. The van der Waals surface area contributed by atoms with Crippen LogP contribution in [0.1, 0.15) is 45.1 Å². The summed E-state index contributed by atoms with van der Waals surface area (Å²) >= 11 is 12.6. The molecule has 24 heavy (non-hydrogen) atoms. The van der Waals surface area contributed by atoms with E-state index in [9.17, 15) is 4.79 Å². The summed E-state index contributed by atoms with van der Waals surface area (Å²) in [6, 6.07) is 5.63. The molecule has 1 aliphatic heterocycles. The van der Waals surface area contributed by atoms with Gasteiger partial charge in [-0.3, -0.25) is 4.79 Å². The highest BCUT2D eigenvalue weighted by Gasteiger charge is 2.27. The van der Waals surface area contributed by atoms with Gasteiger partial charge in [0.2, 0.25) is 0 Å². The van der Waals surface area contributed by atoms with Crippen LogP contribution in [0, 0.1) is 0 Å². The van der Waals surface area contributed by atoms with Crippen molar-refractivity contribution in [3.8, 4) is 0 Å². The average molecular weight is 368 g/mol. The van der Waals surface area contributed by atoms with Crippen molar-refractivity contribution in [1.29, 1.82) is 0 Å². The Morgan fingerprint density at radius 2 is 2.00 bits per heavy atom. The van der Waals surface area contributed by atoms with Crippen molar-refractivity contribution < 1.29 is 9.53 Å². The number of carbonyl (C=O) groups is 1. The first-order valence-corrected chi connectivity index (χ1v) is 8.83. The van der Waals surface area contributed by atoms with Gasteiger partial charge in [0, 0.05) is 30.8 Å². The number of hydrogen-bond acceptors (Lipinski definition) is 3. The summed E-state index contributed by atoms with van der Waals surface area (Å²) in [5, 5.41) is 1.07. The van der Waals surface area contributed by atoms with Crippen LogP contribution < -0.4 is 0 Å². The molecule has 1 atom stereocenters. The summed E-state index contributed by atoms with van der Waals surface area (Å²) < 4.78 is 5.47. The fourth-order valence-corrected chi connectivity index (χ4v) is 3.25. The molecule has 1 unspecified atom stereocenters. The number of benzene rings is 1. The molecule has 1 aromatic rings. The number of allylic oxidation sites excluding steroid dienone is 3. The van der Waals surface area contributed by atoms with Crippen LogP contribution >= 0.6 is 23.2 Å². The maximum atomic E-state index is 11.8. The summed E-state index contributed by atoms with van der Waals surface area (Å²) in [4.78, 5) is 13.9. The van der Waals surface area contributed by atoms with Gasteiger partial charge in [-0.25, -0.2) is 0 Å². The maximum Gasteiger partial charge on any atom is 0.306 e. The monoisotopic (exact) mass is 367 g/mol. The van der Waals surface area contributed by atoms with Crippen LogP contribution in [0.2, 0.25) is 10.0 Å². The lowest BCUT2D eigenvalue weighted by Crippen LogP contribution is -2.25. The molecule has 1 aliphatic rings. The van der Waals surface area contributed by atoms with Gasteiger partial charge in [-0.15, -0.1) is 0 Å². The van der Waals surface area contributed by atoms with Crippen LogP contribution in [0.4, 0.5) is 0 Å². The standard InChI is InChI=1S/C19H23Cl2NO2/c1-5-7-18(23)24-11-16-13(3)22(4)12(2)10-15(16)14-8-6-9-17(20)19(14)21/h6,8-10,15H,5,7,11H2,1-4H3. The molecule has 2 rings (SSSR count). The van der Waals surface area contributed by atoms with E-state index in [1.54, 1.807) is 6.07 Å². The molecule has 130 valence electrons. The normalized spacial score (nSPS) is 17.8. The Bertz CT molecular complexity index is 695. The van der Waals surface area contributed by atoms with Gasteiger partial charge < -0.3 is 9.64 Å². The summed E-state index contributed by atoms with van der Waals surface area (Å²) in [7, 11) is 2.00. The van der Waals surface area contributed by atoms with Crippen LogP contribution in [0.5, 0.6) is 0 Å². The number of rotatable bonds is 5. The molecular formula is C19H23Cl2NO2. The van der Waals surface area contributed by atoms with E-state index < -0.39 is 0 Å². The van der Waals surface area contributed by atoms with E-state index in [4.69, 9.17) is 27.9 Å². The highest BCUT2D eigenvalue weighted by atomic mass is 35.5. The zero-order chi connectivity index (χ0) is 17.9. The Hall–Kier alpha value is -1.45. The third kappa shape index (κ3) is 3.96. The summed E-state index contributed by atoms with van der Waals surface area (Å²) in [6.07, 6.45) is 3.34. The molecule has 5 heteroatoms.